The highest BCUT2D eigenvalue weighted by atomic mass is 16.2. The van der Waals surface area contributed by atoms with Gasteiger partial charge < -0.3 is 10.6 Å². The van der Waals surface area contributed by atoms with Gasteiger partial charge in [0.25, 0.3) is 0 Å². The van der Waals surface area contributed by atoms with Gasteiger partial charge >= 0.3 is 6.03 Å². The van der Waals surface area contributed by atoms with Crippen LogP contribution in [0.5, 0.6) is 0 Å². The van der Waals surface area contributed by atoms with Crippen molar-refractivity contribution < 1.29 is 4.79 Å². The molecule has 26 heavy (non-hydrogen) atoms. The highest BCUT2D eigenvalue weighted by Gasteiger charge is 2.26. The Balaban J connectivity index is 1.25. The van der Waals surface area contributed by atoms with Crippen LogP contribution in [0.2, 0.25) is 0 Å². The van der Waals surface area contributed by atoms with E-state index in [4.69, 9.17) is 0 Å². The Morgan fingerprint density at radius 1 is 1.12 bits per heavy atom. The highest BCUT2D eigenvalue weighted by molar-refractivity contribution is 5.88. The van der Waals surface area contributed by atoms with E-state index < -0.39 is 0 Å². The number of hydrogen-bond acceptors (Lipinski definition) is 5. The van der Waals surface area contributed by atoms with E-state index in [1.165, 1.54) is 6.33 Å². The number of hydrogen-bond donors (Lipinski definition) is 2. The molecule has 8 heteroatoms. The number of amides is 2. The maximum atomic E-state index is 12.0. The first kappa shape index (κ1) is 16.2. The summed E-state index contributed by atoms with van der Waals surface area (Å²) in [5.41, 5.74) is 2.73. The zero-order chi connectivity index (χ0) is 17.8. The predicted molar refractivity (Wildman–Crippen MR) is 95.4 cm³/mol. The van der Waals surface area contributed by atoms with E-state index >= 15 is 0 Å². The molecule has 0 bridgehead atoms. The molecule has 1 saturated carbocycles. The van der Waals surface area contributed by atoms with Gasteiger partial charge in [0.15, 0.2) is 0 Å². The zero-order valence-corrected chi connectivity index (χ0v) is 14.2. The monoisotopic (exact) mass is 349 g/mol. The molecular formula is C18H19N7O. The minimum Gasteiger partial charge on any atom is -0.334 e. The van der Waals surface area contributed by atoms with Crippen LogP contribution in [-0.4, -0.2) is 30.8 Å². The summed E-state index contributed by atoms with van der Waals surface area (Å²) in [6, 6.07) is 7.72. The average molecular weight is 349 g/mol. The van der Waals surface area contributed by atoms with E-state index in [0.717, 1.165) is 29.8 Å². The predicted octanol–water partition coefficient (Wildman–Crippen LogP) is 2.32. The van der Waals surface area contributed by atoms with Crippen molar-refractivity contribution in [2.75, 3.05) is 5.32 Å². The lowest BCUT2D eigenvalue weighted by Crippen LogP contribution is -2.28. The average Bonchev–Trinajstić information content (AvgIpc) is 3.39. The second-order valence-electron chi connectivity index (χ2n) is 6.32. The molecular weight excluding hydrogens is 330 g/mol. The first-order chi connectivity index (χ1) is 12.8. The number of nitrogens with one attached hydrogen (secondary N) is 2. The van der Waals surface area contributed by atoms with Crippen LogP contribution in [0.4, 0.5) is 10.5 Å². The van der Waals surface area contributed by atoms with Crippen LogP contribution >= 0.6 is 0 Å². The number of anilines is 1. The Labute approximate surface area is 150 Å². The maximum Gasteiger partial charge on any atom is 0.319 e. The Morgan fingerprint density at radius 3 is 2.50 bits per heavy atom. The Kier molecular flexibility index (Phi) is 4.55. The summed E-state index contributed by atoms with van der Waals surface area (Å²) in [5.74, 6) is 1.37. The zero-order valence-electron chi connectivity index (χ0n) is 14.2. The van der Waals surface area contributed by atoms with Crippen LogP contribution < -0.4 is 10.6 Å². The first-order valence-electron chi connectivity index (χ1n) is 8.53. The van der Waals surface area contributed by atoms with Crippen molar-refractivity contribution in [3.8, 4) is 0 Å². The molecule has 132 valence electrons. The molecule has 0 atom stereocenters. The molecule has 2 amide bonds. The van der Waals surface area contributed by atoms with Gasteiger partial charge in [-0.05, 0) is 24.0 Å². The maximum absolute atomic E-state index is 12.0. The van der Waals surface area contributed by atoms with Gasteiger partial charge in [0, 0.05) is 12.5 Å². The molecule has 0 aliphatic heterocycles. The van der Waals surface area contributed by atoms with Crippen molar-refractivity contribution in [1.82, 2.24) is 30.0 Å². The van der Waals surface area contributed by atoms with E-state index in [-0.39, 0.29) is 6.03 Å². The summed E-state index contributed by atoms with van der Waals surface area (Å²) in [5, 5.41) is 9.66. The van der Waals surface area contributed by atoms with Gasteiger partial charge in [0.1, 0.15) is 18.5 Å². The molecule has 2 aromatic heterocycles. The number of nitrogens with zero attached hydrogens (tertiary/aromatic N) is 5. The lowest BCUT2D eigenvalue weighted by atomic mass is 10.1. The second-order valence-corrected chi connectivity index (χ2v) is 6.32. The van der Waals surface area contributed by atoms with Gasteiger partial charge in [-0.3, -0.25) is 0 Å². The number of aromatic nitrogens is 5. The van der Waals surface area contributed by atoms with E-state index in [0.29, 0.717) is 24.7 Å². The van der Waals surface area contributed by atoms with Crippen molar-refractivity contribution in [3.05, 3.63) is 66.3 Å². The molecule has 0 radical (unpaired) electrons. The smallest absolute Gasteiger partial charge is 0.319 e. The lowest BCUT2D eigenvalue weighted by molar-refractivity contribution is 0.251. The fourth-order valence-corrected chi connectivity index (χ4v) is 2.58. The SMILES string of the molecule is O=C(NCc1ccc(Cn2cncn2)cc1)Nc1cnc(C2CC2)nc1. The van der Waals surface area contributed by atoms with Crippen molar-refractivity contribution in [3.63, 3.8) is 0 Å². The van der Waals surface area contributed by atoms with Gasteiger partial charge in [-0.1, -0.05) is 24.3 Å². The fraction of sp³-hybridized carbons (Fsp3) is 0.278. The van der Waals surface area contributed by atoms with E-state index in [2.05, 4.69) is 30.7 Å². The van der Waals surface area contributed by atoms with E-state index in [1.54, 1.807) is 23.4 Å². The fourth-order valence-electron chi connectivity index (χ4n) is 2.58. The van der Waals surface area contributed by atoms with Crippen LogP contribution in [0.3, 0.4) is 0 Å². The van der Waals surface area contributed by atoms with Crippen LogP contribution in [-0.2, 0) is 13.1 Å². The van der Waals surface area contributed by atoms with Crippen LogP contribution in [0.1, 0.15) is 35.7 Å². The van der Waals surface area contributed by atoms with Gasteiger partial charge in [-0.15, -0.1) is 0 Å². The number of carbonyl (C=O) groups excluding carboxylic acids is 1. The third-order valence-electron chi connectivity index (χ3n) is 4.16. The summed E-state index contributed by atoms with van der Waals surface area (Å²) >= 11 is 0. The molecule has 0 unspecified atom stereocenters. The molecule has 3 aromatic rings. The van der Waals surface area contributed by atoms with Gasteiger partial charge in [-0.25, -0.2) is 24.4 Å². The number of carbonyl (C=O) groups is 1. The third kappa shape index (κ3) is 4.21. The summed E-state index contributed by atoms with van der Waals surface area (Å²) in [4.78, 5) is 24.5. The Morgan fingerprint density at radius 2 is 1.85 bits per heavy atom. The summed E-state index contributed by atoms with van der Waals surface area (Å²) < 4.78 is 1.76. The standard InChI is InChI=1S/C18H19N7O/c26-18(24-16-8-20-17(21-9-16)15-5-6-15)22-7-13-1-3-14(4-2-13)10-25-12-19-11-23-25/h1-4,8-9,11-12,15H,5-7,10H2,(H2,22,24,26). The quantitative estimate of drug-likeness (QED) is 0.712. The first-order valence-corrected chi connectivity index (χ1v) is 8.53. The second kappa shape index (κ2) is 7.30. The minimum absolute atomic E-state index is 0.278. The van der Waals surface area contributed by atoms with Crippen LogP contribution in [0.25, 0.3) is 0 Å². The number of benzene rings is 1. The molecule has 1 aliphatic rings. The van der Waals surface area contributed by atoms with Gasteiger partial charge in [-0.2, -0.15) is 5.10 Å². The third-order valence-corrected chi connectivity index (χ3v) is 4.16. The van der Waals surface area contributed by atoms with Gasteiger partial charge in [0.2, 0.25) is 0 Å². The molecule has 2 heterocycles. The van der Waals surface area contributed by atoms with Crippen molar-refractivity contribution in [2.24, 2.45) is 0 Å². The molecule has 4 rings (SSSR count). The molecule has 1 aliphatic carbocycles. The highest BCUT2D eigenvalue weighted by Crippen LogP contribution is 2.37. The lowest BCUT2D eigenvalue weighted by Gasteiger charge is -2.08. The van der Waals surface area contributed by atoms with E-state index in [1.807, 2.05) is 24.3 Å². The summed E-state index contributed by atoms with van der Waals surface area (Å²) in [7, 11) is 0. The Hall–Kier alpha value is -3.29. The largest absolute Gasteiger partial charge is 0.334 e. The molecule has 0 spiro atoms. The normalized spacial score (nSPS) is 13.4. The molecule has 1 aromatic carbocycles. The van der Waals surface area contributed by atoms with Gasteiger partial charge in [0.05, 0.1) is 24.6 Å². The van der Waals surface area contributed by atoms with E-state index in [9.17, 15) is 4.79 Å². The molecule has 2 N–H and O–H groups in total. The Bertz CT molecular complexity index is 856. The van der Waals surface area contributed by atoms with Crippen molar-refractivity contribution in [1.29, 1.82) is 0 Å². The summed E-state index contributed by atoms with van der Waals surface area (Å²) in [6.07, 6.45) is 8.82. The molecule has 1 fully saturated rings. The molecule has 0 saturated heterocycles. The topological polar surface area (TPSA) is 97.6 Å². The molecule has 8 nitrogen and oxygen atoms in total. The number of urea groups is 1. The minimum atomic E-state index is -0.278. The van der Waals surface area contributed by atoms with Crippen LogP contribution in [0, 0.1) is 0 Å². The van der Waals surface area contributed by atoms with Crippen molar-refractivity contribution in [2.45, 2.75) is 31.8 Å². The van der Waals surface area contributed by atoms with Crippen LogP contribution in [0.15, 0.2) is 49.3 Å². The van der Waals surface area contributed by atoms with Crippen molar-refractivity contribution >= 4 is 11.7 Å². The number of rotatable bonds is 6. The summed E-state index contributed by atoms with van der Waals surface area (Å²) in [6.45, 7) is 1.11.